The number of nitrogens with zero attached hydrogens (tertiary/aromatic N) is 1. The summed E-state index contributed by atoms with van der Waals surface area (Å²) in [6.07, 6.45) is 0.874. The number of fused-ring (bicyclic) bond motifs is 3. The Labute approximate surface area is 130 Å². The zero-order chi connectivity index (χ0) is 14.9. The van der Waals surface area contributed by atoms with Crippen LogP contribution in [0, 0.1) is 6.92 Å². The Morgan fingerprint density at radius 2 is 1.45 bits per heavy atom. The van der Waals surface area contributed by atoms with Crippen LogP contribution in [0.25, 0.3) is 21.7 Å². The highest BCUT2D eigenvalue weighted by molar-refractivity contribution is 6.05. The van der Waals surface area contributed by atoms with Gasteiger partial charge >= 0.3 is 0 Å². The average molecular weight is 283 g/mol. The van der Waals surface area contributed by atoms with E-state index < -0.39 is 0 Å². The van der Waals surface area contributed by atoms with Crippen LogP contribution in [-0.4, -0.2) is 4.98 Å². The quantitative estimate of drug-likeness (QED) is 0.456. The lowest BCUT2D eigenvalue weighted by atomic mass is 10.0. The van der Waals surface area contributed by atoms with Gasteiger partial charge in [-0.15, -0.1) is 0 Å². The number of hydrogen-bond acceptors (Lipinski definition) is 1. The molecule has 3 aromatic carbocycles. The fourth-order valence-corrected chi connectivity index (χ4v) is 2.91. The maximum Gasteiger partial charge on any atom is 0.0783 e. The van der Waals surface area contributed by atoms with Gasteiger partial charge in [0.2, 0.25) is 0 Å². The van der Waals surface area contributed by atoms with Crippen LogP contribution in [0.15, 0.2) is 72.8 Å². The zero-order valence-corrected chi connectivity index (χ0v) is 12.6. The molecule has 4 rings (SSSR count). The van der Waals surface area contributed by atoms with E-state index in [1.165, 1.54) is 27.3 Å². The van der Waals surface area contributed by atoms with E-state index in [0.29, 0.717) is 0 Å². The molecule has 0 saturated carbocycles. The second-order valence-corrected chi connectivity index (χ2v) is 5.82. The summed E-state index contributed by atoms with van der Waals surface area (Å²) >= 11 is 0. The highest BCUT2D eigenvalue weighted by Gasteiger charge is 2.04. The first-order valence-electron chi connectivity index (χ1n) is 7.62. The summed E-state index contributed by atoms with van der Waals surface area (Å²) in [5.74, 6) is 0. The number of aromatic nitrogens is 1. The standard InChI is InChI=1S/C21H17N/c1-15-6-8-16(9-7-15)14-19-13-12-18-11-10-17-4-2-3-5-20(17)21(18)22-19/h2-13H,14H2,1H3. The number of rotatable bonds is 2. The monoisotopic (exact) mass is 283 g/mol. The van der Waals surface area contributed by atoms with Gasteiger partial charge in [0.25, 0.3) is 0 Å². The maximum atomic E-state index is 4.92. The largest absolute Gasteiger partial charge is 0.252 e. The minimum Gasteiger partial charge on any atom is -0.252 e. The van der Waals surface area contributed by atoms with Gasteiger partial charge in [0.1, 0.15) is 0 Å². The van der Waals surface area contributed by atoms with Crippen molar-refractivity contribution in [1.29, 1.82) is 0 Å². The summed E-state index contributed by atoms with van der Waals surface area (Å²) in [7, 11) is 0. The highest BCUT2D eigenvalue weighted by Crippen LogP contribution is 2.24. The summed E-state index contributed by atoms with van der Waals surface area (Å²) in [5.41, 5.74) is 4.81. The van der Waals surface area contributed by atoms with Crippen molar-refractivity contribution in [3.05, 3.63) is 89.6 Å². The molecule has 1 heterocycles. The van der Waals surface area contributed by atoms with E-state index in [1.807, 2.05) is 0 Å². The van der Waals surface area contributed by atoms with Crippen LogP contribution in [0.5, 0.6) is 0 Å². The molecule has 4 aromatic rings. The number of hydrogen-bond donors (Lipinski definition) is 0. The van der Waals surface area contributed by atoms with Gasteiger partial charge in [0.15, 0.2) is 0 Å². The third-order valence-electron chi connectivity index (χ3n) is 4.15. The van der Waals surface area contributed by atoms with Crippen LogP contribution in [0.2, 0.25) is 0 Å². The Morgan fingerprint density at radius 1 is 0.727 bits per heavy atom. The summed E-state index contributed by atoms with van der Waals surface area (Å²) in [4.78, 5) is 4.92. The Bertz CT molecular complexity index is 952. The predicted molar refractivity (Wildman–Crippen MR) is 93.2 cm³/mol. The van der Waals surface area contributed by atoms with Gasteiger partial charge in [-0.3, -0.25) is 4.98 Å². The van der Waals surface area contributed by atoms with E-state index in [-0.39, 0.29) is 0 Å². The predicted octanol–water partition coefficient (Wildman–Crippen LogP) is 5.29. The van der Waals surface area contributed by atoms with Gasteiger partial charge in [0.05, 0.1) is 5.52 Å². The Balaban J connectivity index is 1.82. The molecule has 0 aliphatic carbocycles. The topological polar surface area (TPSA) is 12.9 Å². The molecule has 0 N–H and O–H groups in total. The molecule has 0 fully saturated rings. The Hall–Kier alpha value is -2.67. The molecule has 0 aliphatic rings. The van der Waals surface area contributed by atoms with Crippen LogP contribution in [0.3, 0.4) is 0 Å². The van der Waals surface area contributed by atoms with Crippen LogP contribution >= 0.6 is 0 Å². The van der Waals surface area contributed by atoms with Crippen molar-refractivity contribution in [2.75, 3.05) is 0 Å². The first-order chi connectivity index (χ1) is 10.8. The first kappa shape index (κ1) is 13.0. The molecule has 1 heteroatoms. The normalized spacial score (nSPS) is 11.1. The highest BCUT2D eigenvalue weighted by atomic mass is 14.7. The lowest BCUT2D eigenvalue weighted by molar-refractivity contribution is 1.10. The lowest BCUT2D eigenvalue weighted by Gasteiger charge is -2.07. The second-order valence-electron chi connectivity index (χ2n) is 5.82. The molecule has 0 radical (unpaired) electrons. The number of aryl methyl sites for hydroxylation is 1. The fraction of sp³-hybridized carbons (Fsp3) is 0.0952. The van der Waals surface area contributed by atoms with Crippen molar-refractivity contribution >= 4 is 21.7 Å². The van der Waals surface area contributed by atoms with E-state index in [4.69, 9.17) is 4.98 Å². The second kappa shape index (κ2) is 5.27. The van der Waals surface area contributed by atoms with Crippen LogP contribution in [0.4, 0.5) is 0 Å². The molecule has 0 spiro atoms. The van der Waals surface area contributed by atoms with Crippen molar-refractivity contribution in [2.24, 2.45) is 0 Å². The minimum atomic E-state index is 0.874. The van der Waals surface area contributed by atoms with Gasteiger partial charge in [-0.05, 0) is 23.9 Å². The third kappa shape index (κ3) is 2.35. The molecule has 0 amide bonds. The van der Waals surface area contributed by atoms with Crippen LogP contribution < -0.4 is 0 Å². The molecule has 0 saturated heterocycles. The summed E-state index contributed by atoms with van der Waals surface area (Å²) in [6, 6.07) is 25.8. The van der Waals surface area contributed by atoms with Gasteiger partial charge in [-0.25, -0.2) is 0 Å². The van der Waals surface area contributed by atoms with Crippen molar-refractivity contribution in [3.63, 3.8) is 0 Å². The van der Waals surface area contributed by atoms with E-state index in [2.05, 4.69) is 79.7 Å². The molecule has 1 nitrogen and oxygen atoms in total. The fourth-order valence-electron chi connectivity index (χ4n) is 2.91. The lowest BCUT2D eigenvalue weighted by Crippen LogP contribution is -1.93. The summed E-state index contributed by atoms with van der Waals surface area (Å²) in [6.45, 7) is 2.12. The Morgan fingerprint density at radius 3 is 2.32 bits per heavy atom. The van der Waals surface area contributed by atoms with Gasteiger partial charge in [-0.2, -0.15) is 0 Å². The van der Waals surface area contributed by atoms with Crippen molar-refractivity contribution in [2.45, 2.75) is 13.3 Å². The number of pyridine rings is 1. The SMILES string of the molecule is Cc1ccc(Cc2ccc3ccc4ccccc4c3n2)cc1. The van der Waals surface area contributed by atoms with Gasteiger partial charge < -0.3 is 0 Å². The molecule has 106 valence electrons. The third-order valence-corrected chi connectivity index (χ3v) is 4.15. The smallest absolute Gasteiger partial charge is 0.0783 e. The van der Waals surface area contributed by atoms with Crippen molar-refractivity contribution in [3.8, 4) is 0 Å². The van der Waals surface area contributed by atoms with Crippen molar-refractivity contribution in [1.82, 2.24) is 4.98 Å². The summed E-state index contributed by atoms with van der Waals surface area (Å²) in [5, 5.41) is 3.67. The molecular formula is C21H17N. The molecule has 0 unspecified atom stereocenters. The molecular weight excluding hydrogens is 266 g/mol. The van der Waals surface area contributed by atoms with Crippen molar-refractivity contribution < 1.29 is 0 Å². The minimum absolute atomic E-state index is 0.874. The zero-order valence-electron chi connectivity index (χ0n) is 12.6. The Kier molecular flexibility index (Phi) is 3.12. The molecule has 1 aromatic heterocycles. The maximum absolute atomic E-state index is 4.92. The van der Waals surface area contributed by atoms with E-state index in [9.17, 15) is 0 Å². The van der Waals surface area contributed by atoms with Crippen LogP contribution in [-0.2, 0) is 6.42 Å². The average Bonchev–Trinajstić information content (AvgIpc) is 2.57. The van der Waals surface area contributed by atoms with E-state index >= 15 is 0 Å². The molecule has 0 atom stereocenters. The molecule has 0 bridgehead atoms. The number of benzene rings is 3. The molecule has 0 aliphatic heterocycles. The van der Waals surface area contributed by atoms with Gasteiger partial charge in [0, 0.05) is 22.9 Å². The van der Waals surface area contributed by atoms with E-state index in [0.717, 1.165) is 17.6 Å². The summed E-state index contributed by atoms with van der Waals surface area (Å²) < 4.78 is 0. The van der Waals surface area contributed by atoms with Crippen LogP contribution in [0.1, 0.15) is 16.8 Å². The van der Waals surface area contributed by atoms with E-state index in [1.54, 1.807) is 0 Å². The first-order valence-corrected chi connectivity index (χ1v) is 7.62. The van der Waals surface area contributed by atoms with Gasteiger partial charge in [-0.1, -0.05) is 72.3 Å². The molecule has 22 heavy (non-hydrogen) atoms.